The molecule has 2 N–H and O–H groups in total. The van der Waals surface area contributed by atoms with Crippen LogP contribution in [0.5, 0.6) is 11.5 Å². The molecule has 2 aromatic rings. The van der Waals surface area contributed by atoms with E-state index in [1.54, 1.807) is 44.2 Å². The highest BCUT2D eigenvalue weighted by atomic mass is 32.2. The Bertz CT molecular complexity index is 924. The third-order valence-electron chi connectivity index (χ3n) is 5.01. The lowest BCUT2D eigenvalue weighted by Crippen LogP contribution is -2.48. The third-order valence-corrected chi connectivity index (χ3v) is 5.75. The van der Waals surface area contributed by atoms with Gasteiger partial charge in [0, 0.05) is 49.2 Å². The summed E-state index contributed by atoms with van der Waals surface area (Å²) in [6, 6.07) is 14.0. The van der Waals surface area contributed by atoms with Gasteiger partial charge in [0.15, 0.2) is 0 Å². The average molecular weight is 477 g/mol. The fourth-order valence-corrected chi connectivity index (χ4v) is 3.62. The highest BCUT2D eigenvalue weighted by Crippen LogP contribution is 2.24. The molecule has 9 nitrogen and oxygen atoms in total. The molecule has 0 saturated carbocycles. The minimum absolute atomic E-state index is 0.0242. The summed E-state index contributed by atoms with van der Waals surface area (Å²) in [5.74, 6) is -2.36. The number of aliphatic carboxylic acids is 2. The second-order valence-corrected chi connectivity index (χ2v) is 8.01. The normalized spacial score (nSPS) is 13.5. The lowest BCUT2D eigenvalue weighted by Gasteiger charge is -2.35. The van der Waals surface area contributed by atoms with Crippen LogP contribution in [0.2, 0.25) is 0 Å². The van der Waals surface area contributed by atoms with Crippen molar-refractivity contribution in [3.63, 3.8) is 0 Å². The lowest BCUT2D eigenvalue weighted by atomic mass is 10.1. The molecule has 1 aliphatic heterocycles. The van der Waals surface area contributed by atoms with Crippen molar-refractivity contribution in [3.8, 4) is 11.5 Å². The summed E-state index contributed by atoms with van der Waals surface area (Å²) in [5.41, 5.74) is 1.91. The van der Waals surface area contributed by atoms with Crippen LogP contribution >= 0.6 is 11.8 Å². The van der Waals surface area contributed by atoms with Crippen molar-refractivity contribution in [2.75, 3.05) is 46.7 Å². The van der Waals surface area contributed by atoms with Gasteiger partial charge >= 0.3 is 11.9 Å². The minimum atomic E-state index is -1.82. The number of rotatable bonds is 6. The number of ether oxygens (including phenoxy) is 2. The number of nitrogens with zero attached hydrogens (tertiary/aromatic N) is 2. The topological polar surface area (TPSA) is 117 Å². The number of benzene rings is 2. The number of hydrogen-bond donors (Lipinski definition) is 2. The quantitative estimate of drug-likeness (QED) is 0.479. The molecule has 0 aliphatic carbocycles. The molecule has 10 heteroatoms. The van der Waals surface area contributed by atoms with Gasteiger partial charge in [0.25, 0.3) is 5.91 Å². The van der Waals surface area contributed by atoms with Gasteiger partial charge in [0.2, 0.25) is 0 Å². The van der Waals surface area contributed by atoms with Gasteiger partial charge in [0.05, 0.1) is 14.2 Å². The summed E-state index contributed by atoms with van der Waals surface area (Å²) in [6.45, 7) is 4.11. The first-order valence-electron chi connectivity index (χ1n) is 10.1. The fraction of sp³-hybridized carbons (Fsp3) is 0.348. The molecule has 0 atom stereocenters. The summed E-state index contributed by atoms with van der Waals surface area (Å²) in [6.07, 6.45) is 2.09. The SMILES string of the molecule is COc1cc(OC)cc(C(=O)N2CCN(Cc3ccc(SC)cc3)CC2)c1.O=C(O)C(=O)O. The zero-order valence-corrected chi connectivity index (χ0v) is 19.6. The number of amides is 1. The zero-order valence-electron chi connectivity index (χ0n) is 18.8. The molecule has 1 heterocycles. The molecule has 2 aromatic carbocycles. The van der Waals surface area contributed by atoms with E-state index in [4.69, 9.17) is 29.3 Å². The first-order valence-corrected chi connectivity index (χ1v) is 11.3. The smallest absolute Gasteiger partial charge is 0.414 e. The lowest BCUT2D eigenvalue weighted by molar-refractivity contribution is -0.159. The van der Waals surface area contributed by atoms with Gasteiger partial charge in [-0.05, 0) is 36.1 Å². The third kappa shape index (κ3) is 7.99. The molecule has 1 fully saturated rings. The van der Waals surface area contributed by atoms with Gasteiger partial charge in [-0.3, -0.25) is 9.69 Å². The summed E-state index contributed by atoms with van der Waals surface area (Å²) >= 11 is 1.75. The van der Waals surface area contributed by atoms with E-state index in [1.165, 1.54) is 10.5 Å². The number of piperazine rings is 1. The molecule has 0 aromatic heterocycles. The summed E-state index contributed by atoms with van der Waals surface area (Å²) in [4.78, 5) is 36.6. The Balaban J connectivity index is 0.000000569. The van der Waals surface area contributed by atoms with E-state index in [1.807, 2.05) is 4.90 Å². The van der Waals surface area contributed by atoms with Gasteiger partial charge in [-0.25, -0.2) is 9.59 Å². The van der Waals surface area contributed by atoms with Crippen molar-refractivity contribution < 1.29 is 34.1 Å². The summed E-state index contributed by atoms with van der Waals surface area (Å²) in [5, 5.41) is 14.8. The van der Waals surface area contributed by atoms with Crippen LogP contribution in [-0.2, 0) is 16.1 Å². The average Bonchev–Trinajstić information content (AvgIpc) is 2.84. The fourth-order valence-electron chi connectivity index (χ4n) is 3.21. The molecule has 0 unspecified atom stereocenters. The first kappa shape index (κ1) is 26.0. The first-order chi connectivity index (χ1) is 15.8. The second kappa shape index (κ2) is 12.7. The van der Waals surface area contributed by atoms with Crippen LogP contribution in [0.3, 0.4) is 0 Å². The predicted molar refractivity (Wildman–Crippen MR) is 124 cm³/mol. The number of methoxy groups -OCH3 is 2. The predicted octanol–water partition coefficient (Wildman–Crippen LogP) is 2.54. The van der Waals surface area contributed by atoms with Crippen LogP contribution in [0.4, 0.5) is 0 Å². The Morgan fingerprint density at radius 1 is 0.879 bits per heavy atom. The van der Waals surface area contributed by atoms with E-state index >= 15 is 0 Å². The van der Waals surface area contributed by atoms with Crippen LogP contribution in [0.25, 0.3) is 0 Å². The van der Waals surface area contributed by atoms with E-state index in [2.05, 4.69) is 35.4 Å². The van der Waals surface area contributed by atoms with E-state index in [0.29, 0.717) is 17.1 Å². The largest absolute Gasteiger partial charge is 0.497 e. The van der Waals surface area contributed by atoms with Crippen LogP contribution in [0, 0.1) is 0 Å². The van der Waals surface area contributed by atoms with Crippen LogP contribution < -0.4 is 9.47 Å². The van der Waals surface area contributed by atoms with Crippen LogP contribution in [-0.4, -0.2) is 84.5 Å². The molecule has 3 rings (SSSR count). The van der Waals surface area contributed by atoms with Crippen molar-refractivity contribution in [1.82, 2.24) is 9.80 Å². The molecular formula is C23H28N2O7S. The highest BCUT2D eigenvalue weighted by Gasteiger charge is 2.23. The Morgan fingerprint density at radius 2 is 1.39 bits per heavy atom. The van der Waals surface area contributed by atoms with E-state index in [9.17, 15) is 4.79 Å². The summed E-state index contributed by atoms with van der Waals surface area (Å²) < 4.78 is 10.5. The molecule has 0 bridgehead atoms. The van der Waals surface area contributed by atoms with Gasteiger partial charge in [-0.2, -0.15) is 0 Å². The number of carbonyl (C=O) groups is 3. The molecular weight excluding hydrogens is 448 g/mol. The van der Waals surface area contributed by atoms with Gasteiger partial charge in [0.1, 0.15) is 11.5 Å². The minimum Gasteiger partial charge on any atom is -0.497 e. The highest BCUT2D eigenvalue weighted by molar-refractivity contribution is 7.98. The Kier molecular flexibility index (Phi) is 10.0. The maximum atomic E-state index is 12.9. The van der Waals surface area contributed by atoms with E-state index in [0.717, 1.165) is 32.7 Å². The summed E-state index contributed by atoms with van der Waals surface area (Å²) in [7, 11) is 3.18. The van der Waals surface area contributed by atoms with Crippen molar-refractivity contribution in [2.45, 2.75) is 11.4 Å². The molecule has 1 saturated heterocycles. The Labute approximate surface area is 196 Å². The molecule has 1 amide bonds. The Hall–Kier alpha value is -3.24. The zero-order chi connectivity index (χ0) is 24.4. The van der Waals surface area contributed by atoms with Crippen molar-refractivity contribution >= 4 is 29.6 Å². The molecule has 1 aliphatic rings. The Morgan fingerprint density at radius 3 is 1.82 bits per heavy atom. The molecule has 33 heavy (non-hydrogen) atoms. The van der Waals surface area contributed by atoms with Gasteiger partial charge < -0.3 is 24.6 Å². The van der Waals surface area contributed by atoms with E-state index in [-0.39, 0.29) is 5.91 Å². The maximum Gasteiger partial charge on any atom is 0.414 e. The standard InChI is InChI=1S/C21H26N2O3S.C2H2O4/c1-25-18-12-17(13-19(14-18)26-2)21(24)23-10-8-22(9-11-23)15-16-4-6-20(27-3)7-5-16;3-1(4)2(5)6/h4-7,12-14H,8-11,15H2,1-3H3;(H,3,4)(H,5,6). The molecule has 0 spiro atoms. The number of carboxylic acid groups (broad SMARTS) is 2. The van der Waals surface area contributed by atoms with Crippen molar-refractivity contribution in [2.24, 2.45) is 0 Å². The number of carbonyl (C=O) groups excluding carboxylic acids is 1. The van der Waals surface area contributed by atoms with Crippen LogP contribution in [0.1, 0.15) is 15.9 Å². The van der Waals surface area contributed by atoms with Crippen molar-refractivity contribution in [1.29, 1.82) is 0 Å². The van der Waals surface area contributed by atoms with E-state index < -0.39 is 11.9 Å². The number of hydrogen-bond acceptors (Lipinski definition) is 7. The monoisotopic (exact) mass is 476 g/mol. The molecule has 0 radical (unpaired) electrons. The maximum absolute atomic E-state index is 12.9. The second-order valence-electron chi connectivity index (χ2n) is 7.13. The van der Waals surface area contributed by atoms with Crippen LogP contribution in [0.15, 0.2) is 47.4 Å². The number of carboxylic acids is 2. The molecule has 178 valence electrons. The van der Waals surface area contributed by atoms with Gasteiger partial charge in [-0.15, -0.1) is 11.8 Å². The number of thioether (sulfide) groups is 1. The van der Waals surface area contributed by atoms with Crippen molar-refractivity contribution in [3.05, 3.63) is 53.6 Å². The van der Waals surface area contributed by atoms with Gasteiger partial charge in [-0.1, -0.05) is 12.1 Å².